The summed E-state index contributed by atoms with van der Waals surface area (Å²) in [5, 5.41) is 12.8. The Labute approximate surface area is 196 Å². The van der Waals surface area contributed by atoms with Crippen LogP contribution in [-0.4, -0.2) is 46.6 Å². The van der Waals surface area contributed by atoms with Gasteiger partial charge >= 0.3 is 6.09 Å². The Kier molecular flexibility index (Phi) is 5.67. The highest BCUT2D eigenvalue weighted by Gasteiger charge is 2.62. The lowest BCUT2D eigenvalue weighted by Gasteiger charge is -2.28. The number of hydrogen-bond donors (Lipinski definition) is 2. The van der Waals surface area contributed by atoms with Crippen molar-refractivity contribution in [3.05, 3.63) is 76.7 Å². The van der Waals surface area contributed by atoms with Crippen LogP contribution in [0.15, 0.2) is 70.5 Å². The molecule has 1 unspecified atom stereocenters. The van der Waals surface area contributed by atoms with Gasteiger partial charge < -0.3 is 15.2 Å². The molecule has 10 heteroatoms. The summed E-state index contributed by atoms with van der Waals surface area (Å²) in [6.45, 7) is -0.0967. The number of aromatic nitrogens is 1. The fourth-order valence-corrected chi connectivity index (χ4v) is 6.93. The monoisotopic (exact) mass is 483 g/mol. The van der Waals surface area contributed by atoms with Gasteiger partial charge in [-0.1, -0.05) is 36.4 Å². The number of aliphatic hydroxyl groups is 1. The first-order valence-electron chi connectivity index (χ1n) is 11.1. The van der Waals surface area contributed by atoms with Gasteiger partial charge in [0.15, 0.2) is 0 Å². The number of nitrogens with one attached hydrogen (secondary N) is 1. The van der Waals surface area contributed by atoms with Gasteiger partial charge in [-0.05, 0) is 43.0 Å². The number of benzene rings is 2. The minimum atomic E-state index is -3.94. The third kappa shape index (κ3) is 3.77. The highest BCUT2D eigenvalue weighted by Crippen LogP contribution is 2.52. The van der Waals surface area contributed by atoms with Crippen LogP contribution in [0.1, 0.15) is 24.8 Å². The Morgan fingerprint density at radius 2 is 1.85 bits per heavy atom. The highest BCUT2D eigenvalue weighted by molar-refractivity contribution is 7.89. The molecule has 2 aromatic carbocycles. The average Bonchev–Trinajstić information content (AvgIpc) is 3.55. The van der Waals surface area contributed by atoms with E-state index in [-0.39, 0.29) is 29.5 Å². The minimum Gasteiger partial charge on any atom is -0.445 e. The second-order valence-corrected chi connectivity index (χ2v) is 10.5. The van der Waals surface area contributed by atoms with E-state index in [2.05, 4.69) is 5.32 Å². The summed E-state index contributed by atoms with van der Waals surface area (Å²) in [5.74, 6) is 0. The SMILES string of the molecule is O=C(NC1CCN(S(=O)(=O)c2cccc3c(=O)n(CO)ccc23)C12CC2)OCc1ccccc1. The predicted molar refractivity (Wildman–Crippen MR) is 124 cm³/mol. The number of nitrogens with zero attached hydrogens (tertiary/aromatic N) is 2. The van der Waals surface area contributed by atoms with E-state index in [4.69, 9.17) is 4.74 Å². The van der Waals surface area contributed by atoms with Crippen LogP contribution < -0.4 is 10.9 Å². The molecular weight excluding hydrogens is 458 g/mol. The number of sulfonamides is 1. The third-order valence-electron chi connectivity index (χ3n) is 6.73. The van der Waals surface area contributed by atoms with Crippen molar-refractivity contribution >= 4 is 26.9 Å². The summed E-state index contributed by atoms with van der Waals surface area (Å²) in [6, 6.07) is 15.1. The number of aliphatic hydroxyl groups excluding tert-OH is 1. The van der Waals surface area contributed by atoms with E-state index in [9.17, 15) is 23.1 Å². The molecule has 1 amide bonds. The Hall–Kier alpha value is -3.21. The normalized spacial score (nSPS) is 19.4. The summed E-state index contributed by atoms with van der Waals surface area (Å²) in [5.41, 5.74) is -0.279. The van der Waals surface area contributed by atoms with Crippen molar-refractivity contribution in [1.29, 1.82) is 0 Å². The molecule has 9 nitrogen and oxygen atoms in total. The molecule has 1 atom stereocenters. The molecule has 2 N–H and O–H groups in total. The summed E-state index contributed by atoms with van der Waals surface area (Å²) in [7, 11) is -3.94. The van der Waals surface area contributed by atoms with E-state index < -0.39 is 33.9 Å². The van der Waals surface area contributed by atoms with Crippen LogP contribution in [0.5, 0.6) is 0 Å². The summed E-state index contributed by atoms with van der Waals surface area (Å²) in [4.78, 5) is 25.0. The van der Waals surface area contributed by atoms with E-state index in [1.54, 1.807) is 6.07 Å². The molecule has 0 radical (unpaired) electrons. The average molecular weight is 484 g/mol. The van der Waals surface area contributed by atoms with Crippen molar-refractivity contribution in [2.45, 2.75) is 49.1 Å². The molecule has 2 aliphatic rings. The van der Waals surface area contributed by atoms with Gasteiger partial charge in [-0.15, -0.1) is 0 Å². The van der Waals surface area contributed by atoms with Crippen molar-refractivity contribution in [1.82, 2.24) is 14.2 Å². The van der Waals surface area contributed by atoms with Crippen molar-refractivity contribution in [2.24, 2.45) is 0 Å². The first-order chi connectivity index (χ1) is 16.4. The van der Waals surface area contributed by atoms with Crippen LogP contribution >= 0.6 is 0 Å². The van der Waals surface area contributed by atoms with Gasteiger partial charge in [0, 0.05) is 23.5 Å². The number of carbonyl (C=O) groups excluding carboxylic acids is 1. The molecular formula is C24H25N3O6S. The molecule has 1 aliphatic heterocycles. The molecule has 1 spiro atoms. The van der Waals surface area contributed by atoms with Crippen molar-refractivity contribution in [3.8, 4) is 0 Å². The standard InChI is InChI=1S/C24H25N3O6S/c28-16-26-13-9-18-19(22(26)29)7-4-8-20(18)34(31,32)27-14-10-21(24(27)11-12-24)25-23(30)33-15-17-5-2-1-3-6-17/h1-9,13,21,28H,10-12,14-16H2,(H,25,30). The summed E-state index contributed by atoms with van der Waals surface area (Å²) < 4.78 is 35.4. The van der Waals surface area contributed by atoms with E-state index in [1.807, 2.05) is 30.3 Å². The van der Waals surface area contributed by atoms with Crippen molar-refractivity contribution in [2.75, 3.05) is 6.54 Å². The number of ether oxygens (including phenoxy) is 1. The van der Waals surface area contributed by atoms with E-state index >= 15 is 0 Å². The molecule has 5 rings (SSSR count). The molecule has 1 saturated heterocycles. The lowest BCUT2D eigenvalue weighted by Crippen LogP contribution is -2.48. The van der Waals surface area contributed by atoms with Crippen LogP contribution in [0, 0.1) is 0 Å². The maximum Gasteiger partial charge on any atom is 0.407 e. The first-order valence-corrected chi connectivity index (χ1v) is 12.5. The maximum atomic E-state index is 13.7. The van der Waals surface area contributed by atoms with E-state index in [0.29, 0.717) is 24.6 Å². The molecule has 1 aliphatic carbocycles. The molecule has 3 aromatic rings. The minimum absolute atomic E-state index is 0.0470. The zero-order valence-corrected chi connectivity index (χ0v) is 19.2. The van der Waals surface area contributed by atoms with Gasteiger partial charge in [0.2, 0.25) is 10.0 Å². The largest absolute Gasteiger partial charge is 0.445 e. The molecule has 34 heavy (non-hydrogen) atoms. The molecule has 1 aromatic heterocycles. The van der Waals surface area contributed by atoms with Gasteiger partial charge in [-0.2, -0.15) is 4.31 Å². The maximum absolute atomic E-state index is 13.7. The first kappa shape index (κ1) is 22.6. The number of alkyl carbamates (subject to hydrolysis) is 1. The lowest BCUT2D eigenvalue weighted by atomic mass is 10.1. The number of amides is 1. The van der Waals surface area contributed by atoms with E-state index in [0.717, 1.165) is 10.1 Å². The summed E-state index contributed by atoms with van der Waals surface area (Å²) in [6.07, 6.45) is 2.56. The van der Waals surface area contributed by atoms with Gasteiger partial charge in [-0.3, -0.25) is 9.36 Å². The Morgan fingerprint density at radius 3 is 2.56 bits per heavy atom. The van der Waals surface area contributed by atoms with Crippen LogP contribution in [0.4, 0.5) is 4.79 Å². The Bertz CT molecular complexity index is 1400. The van der Waals surface area contributed by atoms with Gasteiger partial charge in [0.25, 0.3) is 5.56 Å². The number of pyridine rings is 1. The lowest BCUT2D eigenvalue weighted by molar-refractivity contribution is 0.133. The number of carbonyl (C=O) groups is 1. The second kappa shape index (κ2) is 8.53. The molecule has 0 bridgehead atoms. The predicted octanol–water partition coefficient (Wildman–Crippen LogP) is 2.17. The molecule has 178 valence electrons. The topological polar surface area (TPSA) is 118 Å². The third-order valence-corrected chi connectivity index (χ3v) is 8.77. The van der Waals surface area contributed by atoms with Gasteiger partial charge in [-0.25, -0.2) is 13.2 Å². The number of hydrogen-bond acceptors (Lipinski definition) is 6. The Balaban J connectivity index is 1.37. The second-order valence-electron chi connectivity index (χ2n) is 8.68. The van der Waals surface area contributed by atoms with Gasteiger partial charge in [0.1, 0.15) is 13.3 Å². The van der Waals surface area contributed by atoms with Crippen LogP contribution in [0.2, 0.25) is 0 Å². The zero-order chi connectivity index (χ0) is 23.9. The fraction of sp³-hybridized carbons (Fsp3) is 0.333. The highest BCUT2D eigenvalue weighted by atomic mass is 32.2. The van der Waals surface area contributed by atoms with Crippen molar-refractivity contribution < 1.29 is 23.1 Å². The van der Waals surface area contributed by atoms with Crippen LogP contribution in [0.3, 0.4) is 0 Å². The molecule has 2 fully saturated rings. The van der Waals surface area contributed by atoms with E-state index in [1.165, 1.54) is 28.7 Å². The van der Waals surface area contributed by atoms with Crippen LogP contribution in [0.25, 0.3) is 10.8 Å². The molecule has 2 heterocycles. The molecule has 1 saturated carbocycles. The smallest absolute Gasteiger partial charge is 0.407 e. The quantitative estimate of drug-likeness (QED) is 0.555. The zero-order valence-electron chi connectivity index (χ0n) is 18.4. The van der Waals surface area contributed by atoms with Gasteiger partial charge in [0.05, 0.1) is 16.5 Å². The Morgan fingerprint density at radius 1 is 1.09 bits per heavy atom. The van der Waals surface area contributed by atoms with Crippen LogP contribution in [-0.2, 0) is 28.1 Å². The fourth-order valence-electron chi connectivity index (χ4n) is 4.85. The summed E-state index contributed by atoms with van der Waals surface area (Å²) >= 11 is 0. The van der Waals surface area contributed by atoms with Crippen molar-refractivity contribution in [3.63, 3.8) is 0 Å². The number of fused-ring (bicyclic) bond motifs is 1. The number of rotatable bonds is 6.